The minimum Gasteiger partial charge on any atom is -0.420 e. The number of aryl methyl sites for hydroxylation is 2. The molecule has 5 aliphatic rings. The van der Waals surface area contributed by atoms with E-state index in [1.165, 1.54) is 81.3 Å². The van der Waals surface area contributed by atoms with E-state index >= 15 is 0 Å². The molecular formula is C28H37N3O2. The molecule has 1 aromatic rings. The van der Waals surface area contributed by atoms with E-state index in [-0.39, 0.29) is 11.9 Å². The lowest BCUT2D eigenvalue weighted by Crippen LogP contribution is -2.41. The van der Waals surface area contributed by atoms with E-state index < -0.39 is 0 Å². The first kappa shape index (κ1) is 21.2. The maximum atomic E-state index is 13.6. The third-order valence-corrected chi connectivity index (χ3v) is 8.30. The Morgan fingerprint density at radius 2 is 1.48 bits per heavy atom. The van der Waals surface area contributed by atoms with Crippen LogP contribution in [0.25, 0.3) is 6.08 Å². The van der Waals surface area contributed by atoms with Crippen molar-refractivity contribution in [3.8, 4) is 0 Å². The van der Waals surface area contributed by atoms with Crippen LogP contribution in [0.4, 0.5) is 5.69 Å². The molecule has 3 heterocycles. The first-order chi connectivity index (χ1) is 16.3. The van der Waals surface area contributed by atoms with Gasteiger partial charge in [-0.2, -0.15) is 0 Å². The first-order valence-corrected chi connectivity index (χ1v) is 13.5. The second kappa shape index (κ2) is 9.15. The second-order valence-corrected chi connectivity index (χ2v) is 10.7. The van der Waals surface area contributed by atoms with Crippen LogP contribution in [0.3, 0.4) is 0 Å². The van der Waals surface area contributed by atoms with E-state index in [0.717, 1.165) is 44.1 Å². The number of aliphatic imine (C=N–C) groups is 1. The van der Waals surface area contributed by atoms with E-state index in [0.29, 0.717) is 17.8 Å². The Kier molecular flexibility index (Phi) is 5.89. The number of hydrogen-bond acceptors (Lipinski definition) is 4. The lowest BCUT2D eigenvalue weighted by Gasteiger charge is -2.37. The van der Waals surface area contributed by atoms with Gasteiger partial charge in [-0.05, 0) is 86.3 Å². The molecule has 3 fully saturated rings. The number of amidine groups is 1. The number of amides is 1. The molecule has 0 radical (unpaired) electrons. The zero-order valence-electron chi connectivity index (χ0n) is 19.9. The molecule has 0 spiro atoms. The largest absolute Gasteiger partial charge is 0.420 e. The molecule has 6 rings (SSSR count). The van der Waals surface area contributed by atoms with Crippen LogP contribution >= 0.6 is 0 Å². The third kappa shape index (κ3) is 4.20. The van der Waals surface area contributed by atoms with Crippen LogP contribution in [0, 0.1) is 0 Å². The summed E-state index contributed by atoms with van der Waals surface area (Å²) in [6.45, 7) is 2.36. The molecule has 0 N–H and O–H groups in total. The van der Waals surface area contributed by atoms with Gasteiger partial charge in [-0.3, -0.25) is 9.69 Å². The molecule has 0 aromatic heterocycles. The molecule has 0 unspecified atom stereocenters. The van der Waals surface area contributed by atoms with E-state index in [1.807, 2.05) is 11.0 Å². The maximum absolute atomic E-state index is 13.6. The topological polar surface area (TPSA) is 45.1 Å². The molecule has 0 atom stereocenters. The smallest absolute Gasteiger partial charge is 0.300 e. The number of hydrogen-bond donors (Lipinski definition) is 0. The number of benzene rings is 1. The second-order valence-electron chi connectivity index (χ2n) is 10.7. The summed E-state index contributed by atoms with van der Waals surface area (Å²) in [6, 6.07) is 5.70. The lowest BCUT2D eigenvalue weighted by molar-refractivity contribution is -0.124. The first-order valence-electron chi connectivity index (χ1n) is 13.5. The normalized spacial score (nSPS) is 26.7. The van der Waals surface area contributed by atoms with E-state index in [2.05, 4.69) is 17.0 Å². The van der Waals surface area contributed by atoms with Crippen LogP contribution in [0.15, 0.2) is 22.9 Å². The highest BCUT2D eigenvalue weighted by Gasteiger charge is 2.40. The van der Waals surface area contributed by atoms with Crippen molar-refractivity contribution >= 4 is 23.7 Å². The van der Waals surface area contributed by atoms with Crippen LogP contribution in [0.1, 0.15) is 93.7 Å². The Hall–Kier alpha value is -2.30. The summed E-state index contributed by atoms with van der Waals surface area (Å²) >= 11 is 0. The molecule has 0 bridgehead atoms. The standard InChI is InChI=1S/C28H37N3O2/c32-27-25(19-20-17-21-9-7-15-30-16-8-10-22(18-20)26(21)30)33-28(29-23-11-3-1-4-12-23)31(27)24-13-5-2-6-14-24/h17-19,23-24H,1-16H2. The Balaban J connectivity index is 1.33. The third-order valence-electron chi connectivity index (χ3n) is 8.30. The molecule has 1 amide bonds. The summed E-state index contributed by atoms with van der Waals surface area (Å²) in [6.07, 6.45) is 18.5. The predicted octanol–water partition coefficient (Wildman–Crippen LogP) is 5.61. The summed E-state index contributed by atoms with van der Waals surface area (Å²) in [7, 11) is 0. The maximum Gasteiger partial charge on any atom is 0.300 e. The minimum atomic E-state index is 0.0180. The van der Waals surface area contributed by atoms with Gasteiger partial charge in [0.05, 0.1) is 6.04 Å². The number of nitrogens with zero attached hydrogens (tertiary/aromatic N) is 3. The fourth-order valence-corrected chi connectivity index (χ4v) is 6.67. The molecule has 5 heteroatoms. The van der Waals surface area contributed by atoms with Gasteiger partial charge in [-0.1, -0.05) is 38.5 Å². The van der Waals surface area contributed by atoms with Crippen LogP contribution in [0.2, 0.25) is 0 Å². The Bertz CT molecular complexity index is 938. The summed E-state index contributed by atoms with van der Waals surface area (Å²) < 4.78 is 6.28. The summed E-state index contributed by atoms with van der Waals surface area (Å²) in [4.78, 5) is 23.1. The van der Waals surface area contributed by atoms with Gasteiger partial charge in [0.1, 0.15) is 0 Å². The number of rotatable bonds is 3. The number of anilines is 1. The molecule has 5 nitrogen and oxygen atoms in total. The predicted molar refractivity (Wildman–Crippen MR) is 132 cm³/mol. The van der Waals surface area contributed by atoms with Crippen molar-refractivity contribution in [3.63, 3.8) is 0 Å². The molecule has 2 saturated carbocycles. The van der Waals surface area contributed by atoms with Gasteiger partial charge < -0.3 is 9.64 Å². The van der Waals surface area contributed by atoms with Crippen LogP contribution < -0.4 is 4.90 Å². The van der Waals surface area contributed by atoms with Crippen molar-refractivity contribution in [2.75, 3.05) is 18.0 Å². The highest BCUT2D eigenvalue weighted by molar-refractivity contribution is 6.11. The molecule has 3 aliphatic heterocycles. The molecule has 33 heavy (non-hydrogen) atoms. The van der Waals surface area contributed by atoms with Gasteiger partial charge in [0, 0.05) is 24.8 Å². The Morgan fingerprint density at radius 3 is 2.15 bits per heavy atom. The summed E-state index contributed by atoms with van der Waals surface area (Å²) in [5, 5.41) is 0. The highest BCUT2D eigenvalue weighted by Crippen LogP contribution is 2.37. The fourth-order valence-electron chi connectivity index (χ4n) is 6.67. The fraction of sp³-hybridized carbons (Fsp3) is 0.643. The van der Waals surface area contributed by atoms with Crippen LogP contribution in [0.5, 0.6) is 0 Å². The van der Waals surface area contributed by atoms with Gasteiger partial charge in [-0.25, -0.2) is 4.99 Å². The molecule has 2 aliphatic carbocycles. The monoisotopic (exact) mass is 447 g/mol. The average Bonchev–Trinajstić information content (AvgIpc) is 3.15. The van der Waals surface area contributed by atoms with Crippen molar-refractivity contribution in [3.05, 3.63) is 34.6 Å². The van der Waals surface area contributed by atoms with Crippen molar-refractivity contribution in [1.82, 2.24) is 4.90 Å². The van der Waals surface area contributed by atoms with Gasteiger partial charge in [0.2, 0.25) is 0 Å². The SMILES string of the molecule is O=C1C(=Cc2cc3c4c(c2)CCCN4CCC3)OC(=NC2CCCCC2)N1C1CCCCC1. The Morgan fingerprint density at radius 1 is 0.848 bits per heavy atom. The average molecular weight is 448 g/mol. The number of carbonyl (C=O) groups is 1. The number of ether oxygens (including phenoxy) is 1. The van der Waals surface area contributed by atoms with Crippen molar-refractivity contribution < 1.29 is 9.53 Å². The lowest BCUT2D eigenvalue weighted by atomic mass is 9.90. The van der Waals surface area contributed by atoms with Crippen molar-refractivity contribution in [2.45, 2.75) is 102 Å². The van der Waals surface area contributed by atoms with E-state index in [9.17, 15) is 4.79 Å². The minimum absolute atomic E-state index is 0.0180. The summed E-state index contributed by atoms with van der Waals surface area (Å²) in [5.74, 6) is 0.482. The van der Waals surface area contributed by atoms with Crippen LogP contribution in [-0.2, 0) is 22.4 Å². The Labute approximate surface area is 197 Å². The van der Waals surface area contributed by atoms with Gasteiger partial charge in [-0.15, -0.1) is 0 Å². The van der Waals surface area contributed by atoms with Crippen molar-refractivity contribution in [1.29, 1.82) is 0 Å². The van der Waals surface area contributed by atoms with Gasteiger partial charge >= 0.3 is 6.02 Å². The van der Waals surface area contributed by atoms with Gasteiger partial charge in [0.15, 0.2) is 5.76 Å². The molecule has 1 aromatic carbocycles. The van der Waals surface area contributed by atoms with Crippen molar-refractivity contribution in [2.24, 2.45) is 4.99 Å². The highest BCUT2D eigenvalue weighted by atomic mass is 16.5. The van der Waals surface area contributed by atoms with E-state index in [1.54, 1.807) is 0 Å². The van der Waals surface area contributed by atoms with Crippen LogP contribution in [-0.4, -0.2) is 42.0 Å². The number of carbonyl (C=O) groups excluding carboxylic acids is 1. The summed E-state index contributed by atoms with van der Waals surface area (Å²) in [5.41, 5.74) is 5.46. The quantitative estimate of drug-likeness (QED) is 0.566. The molecular weight excluding hydrogens is 410 g/mol. The zero-order valence-corrected chi connectivity index (χ0v) is 19.9. The van der Waals surface area contributed by atoms with E-state index in [4.69, 9.17) is 9.73 Å². The van der Waals surface area contributed by atoms with Gasteiger partial charge in [0.25, 0.3) is 5.91 Å². The zero-order chi connectivity index (χ0) is 22.2. The molecule has 176 valence electrons. The molecule has 1 saturated heterocycles.